The molecule has 2 aliphatic rings. The number of nitrogens with zero attached hydrogens (tertiary/aromatic N) is 1. The molecule has 0 aromatic heterocycles. The normalized spacial score (nSPS) is 28.3. The van der Waals surface area contributed by atoms with E-state index in [2.05, 4.69) is 26.1 Å². The maximum Gasteiger partial charge on any atom is 0.157 e. The molecule has 0 amide bonds. The van der Waals surface area contributed by atoms with Crippen molar-refractivity contribution in [3.05, 3.63) is 0 Å². The molecule has 1 heterocycles. The molecular formula is C15H28N2S. The second kappa shape index (κ2) is 5.85. The van der Waals surface area contributed by atoms with Crippen LogP contribution in [0.1, 0.15) is 65.7 Å². The maximum atomic E-state index is 4.88. The molecule has 0 spiro atoms. The molecular weight excluding hydrogens is 240 g/mol. The first kappa shape index (κ1) is 14.2. The van der Waals surface area contributed by atoms with Gasteiger partial charge in [0.25, 0.3) is 0 Å². The number of nitrogens with one attached hydrogen (secondary N) is 1. The Kier molecular flexibility index (Phi) is 4.63. The van der Waals surface area contributed by atoms with Crippen molar-refractivity contribution in [1.82, 2.24) is 5.32 Å². The summed E-state index contributed by atoms with van der Waals surface area (Å²) in [6, 6.07) is 0. The maximum absolute atomic E-state index is 4.88. The smallest absolute Gasteiger partial charge is 0.157 e. The third kappa shape index (κ3) is 3.23. The SMILES string of the molecule is CCC1(CC)CSC(=NCC2(C)CCCCC2)N1. The summed E-state index contributed by atoms with van der Waals surface area (Å²) in [5.41, 5.74) is 0.786. The Labute approximate surface area is 116 Å². The Morgan fingerprint density at radius 2 is 1.83 bits per heavy atom. The predicted octanol–water partition coefficient (Wildman–Crippen LogP) is 4.21. The number of thioether (sulfide) groups is 1. The quantitative estimate of drug-likeness (QED) is 0.826. The fourth-order valence-corrected chi connectivity index (χ4v) is 4.39. The molecule has 1 N–H and O–H groups in total. The number of aliphatic imine (C=N–C) groups is 1. The van der Waals surface area contributed by atoms with Crippen LogP contribution in [0.2, 0.25) is 0 Å². The zero-order chi connectivity index (χ0) is 13.1. The van der Waals surface area contributed by atoms with Gasteiger partial charge in [0.05, 0.1) is 0 Å². The Bertz CT molecular complexity index is 302. The summed E-state index contributed by atoms with van der Waals surface area (Å²) in [7, 11) is 0. The topological polar surface area (TPSA) is 24.4 Å². The van der Waals surface area contributed by atoms with Crippen molar-refractivity contribution in [2.75, 3.05) is 12.3 Å². The first-order valence-electron chi connectivity index (χ1n) is 7.57. The average Bonchev–Trinajstić information content (AvgIpc) is 2.82. The van der Waals surface area contributed by atoms with Crippen LogP contribution >= 0.6 is 11.8 Å². The highest BCUT2D eigenvalue weighted by molar-refractivity contribution is 8.14. The van der Waals surface area contributed by atoms with E-state index in [1.165, 1.54) is 55.9 Å². The van der Waals surface area contributed by atoms with Gasteiger partial charge in [0, 0.05) is 17.8 Å². The van der Waals surface area contributed by atoms with Gasteiger partial charge in [-0.1, -0.05) is 51.8 Å². The zero-order valence-electron chi connectivity index (χ0n) is 12.2. The summed E-state index contributed by atoms with van der Waals surface area (Å²) >= 11 is 1.92. The minimum atomic E-state index is 0.316. The van der Waals surface area contributed by atoms with Crippen molar-refractivity contribution in [3.63, 3.8) is 0 Å². The van der Waals surface area contributed by atoms with Gasteiger partial charge in [0.1, 0.15) is 0 Å². The molecule has 104 valence electrons. The van der Waals surface area contributed by atoms with Crippen LogP contribution in [0, 0.1) is 5.41 Å². The molecule has 1 saturated carbocycles. The lowest BCUT2D eigenvalue weighted by molar-refractivity contribution is 0.227. The van der Waals surface area contributed by atoms with E-state index in [4.69, 9.17) is 4.99 Å². The highest BCUT2D eigenvalue weighted by Crippen LogP contribution is 2.36. The molecule has 2 nitrogen and oxygen atoms in total. The highest BCUT2D eigenvalue weighted by atomic mass is 32.2. The lowest BCUT2D eigenvalue weighted by Crippen LogP contribution is -2.42. The molecule has 1 saturated heterocycles. The van der Waals surface area contributed by atoms with Crippen molar-refractivity contribution in [2.24, 2.45) is 10.4 Å². The Morgan fingerprint density at radius 1 is 1.17 bits per heavy atom. The Morgan fingerprint density at radius 3 is 2.39 bits per heavy atom. The predicted molar refractivity (Wildman–Crippen MR) is 82.4 cm³/mol. The van der Waals surface area contributed by atoms with Crippen LogP contribution < -0.4 is 5.32 Å². The van der Waals surface area contributed by atoms with E-state index < -0.39 is 0 Å². The van der Waals surface area contributed by atoms with Crippen LogP contribution in [-0.4, -0.2) is 23.0 Å². The molecule has 18 heavy (non-hydrogen) atoms. The minimum Gasteiger partial charge on any atom is -0.359 e. The van der Waals surface area contributed by atoms with Gasteiger partial charge in [0.2, 0.25) is 0 Å². The third-order valence-corrected chi connectivity index (χ3v) is 6.08. The summed E-state index contributed by atoms with van der Waals surface area (Å²) in [5, 5.41) is 4.87. The van der Waals surface area contributed by atoms with Gasteiger partial charge in [-0.25, -0.2) is 0 Å². The first-order chi connectivity index (χ1) is 8.61. The van der Waals surface area contributed by atoms with E-state index >= 15 is 0 Å². The van der Waals surface area contributed by atoms with E-state index in [1.54, 1.807) is 0 Å². The summed E-state index contributed by atoms with van der Waals surface area (Å²) in [6.45, 7) is 8.00. The minimum absolute atomic E-state index is 0.316. The molecule has 0 radical (unpaired) electrons. The van der Waals surface area contributed by atoms with Crippen LogP contribution in [0.5, 0.6) is 0 Å². The van der Waals surface area contributed by atoms with E-state index in [0.29, 0.717) is 11.0 Å². The standard InChI is InChI=1S/C15H28N2S/c1-4-15(5-2)12-18-13(17-15)16-11-14(3)9-7-6-8-10-14/h4-12H2,1-3H3,(H,16,17). The van der Waals surface area contributed by atoms with Crippen molar-refractivity contribution in [1.29, 1.82) is 0 Å². The highest BCUT2D eigenvalue weighted by Gasteiger charge is 2.34. The van der Waals surface area contributed by atoms with Crippen molar-refractivity contribution in [2.45, 2.75) is 71.3 Å². The molecule has 3 heteroatoms. The van der Waals surface area contributed by atoms with Gasteiger partial charge in [0.15, 0.2) is 5.17 Å². The van der Waals surface area contributed by atoms with Crippen LogP contribution in [0.3, 0.4) is 0 Å². The van der Waals surface area contributed by atoms with Crippen molar-refractivity contribution >= 4 is 16.9 Å². The lowest BCUT2D eigenvalue weighted by Gasteiger charge is -2.32. The summed E-state index contributed by atoms with van der Waals surface area (Å²) < 4.78 is 0. The van der Waals surface area contributed by atoms with Crippen LogP contribution in [0.4, 0.5) is 0 Å². The first-order valence-corrected chi connectivity index (χ1v) is 8.55. The van der Waals surface area contributed by atoms with Crippen molar-refractivity contribution in [3.8, 4) is 0 Å². The van der Waals surface area contributed by atoms with Crippen LogP contribution in [0.25, 0.3) is 0 Å². The molecule has 0 bridgehead atoms. The zero-order valence-corrected chi connectivity index (χ0v) is 13.0. The number of hydrogen-bond donors (Lipinski definition) is 1. The molecule has 0 aromatic carbocycles. The Balaban J connectivity index is 1.91. The fraction of sp³-hybridized carbons (Fsp3) is 0.933. The van der Waals surface area contributed by atoms with Crippen LogP contribution in [-0.2, 0) is 0 Å². The number of rotatable bonds is 4. The summed E-state index contributed by atoms with van der Waals surface area (Å²) in [5.74, 6) is 1.19. The lowest BCUT2D eigenvalue weighted by atomic mass is 9.76. The average molecular weight is 268 g/mol. The van der Waals surface area contributed by atoms with Gasteiger partial charge >= 0.3 is 0 Å². The number of hydrogen-bond acceptors (Lipinski definition) is 2. The van der Waals surface area contributed by atoms with Crippen LogP contribution in [0.15, 0.2) is 4.99 Å². The van der Waals surface area contributed by atoms with Gasteiger partial charge in [-0.2, -0.15) is 0 Å². The molecule has 1 aliphatic heterocycles. The summed E-state index contributed by atoms with van der Waals surface area (Å²) in [4.78, 5) is 4.88. The molecule has 0 aromatic rings. The van der Waals surface area contributed by atoms with Gasteiger partial charge < -0.3 is 5.32 Å². The van der Waals surface area contributed by atoms with E-state index in [0.717, 1.165) is 6.54 Å². The second-order valence-electron chi connectivity index (χ2n) is 6.39. The molecule has 0 atom stereocenters. The van der Waals surface area contributed by atoms with Gasteiger partial charge in [-0.15, -0.1) is 0 Å². The van der Waals surface area contributed by atoms with E-state index in [-0.39, 0.29) is 0 Å². The number of amidine groups is 1. The Hall–Kier alpha value is -0.180. The van der Waals surface area contributed by atoms with Crippen molar-refractivity contribution < 1.29 is 0 Å². The molecule has 2 fully saturated rings. The van der Waals surface area contributed by atoms with E-state index in [1.807, 2.05) is 11.8 Å². The largest absolute Gasteiger partial charge is 0.359 e. The van der Waals surface area contributed by atoms with Gasteiger partial charge in [-0.05, 0) is 31.1 Å². The van der Waals surface area contributed by atoms with E-state index in [9.17, 15) is 0 Å². The molecule has 2 rings (SSSR count). The molecule has 1 aliphatic carbocycles. The monoisotopic (exact) mass is 268 g/mol. The fourth-order valence-electron chi connectivity index (χ4n) is 3.05. The molecule has 0 unspecified atom stereocenters. The second-order valence-corrected chi connectivity index (χ2v) is 7.36. The third-order valence-electron chi connectivity index (χ3n) is 4.88. The van der Waals surface area contributed by atoms with Gasteiger partial charge in [-0.3, -0.25) is 4.99 Å². The summed E-state index contributed by atoms with van der Waals surface area (Å²) in [6.07, 6.45) is 9.35.